The van der Waals surface area contributed by atoms with Gasteiger partial charge in [-0.25, -0.2) is 9.37 Å². The van der Waals surface area contributed by atoms with Gasteiger partial charge < -0.3 is 15.4 Å². The molecule has 0 bridgehead atoms. The Morgan fingerprint density at radius 2 is 2.13 bits per heavy atom. The van der Waals surface area contributed by atoms with Crippen LogP contribution in [0.5, 0.6) is 0 Å². The van der Waals surface area contributed by atoms with Crippen LogP contribution >= 0.6 is 11.6 Å². The molecule has 1 atom stereocenters. The number of carbonyl (C=O) groups is 1. The number of Topliss-reactive ketones (excluding diaryl/α,β-unsaturated/α-hetero) is 1. The third-order valence-electron chi connectivity index (χ3n) is 5.80. The third kappa shape index (κ3) is 5.14. The van der Waals surface area contributed by atoms with Gasteiger partial charge in [0.15, 0.2) is 11.6 Å². The van der Waals surface area contributed by atoms with Gasteiger partial charge in [0.25, 0.3) is 0 Å². The Kier molecular flexibility index (Phi) is 6.92. The highest BCUT2D eigenvalue weighted by molar-refractivity contribution is 6.33. The highest BCUT2D eigenvalue weighted by Crippen LogP contribution is 2.29. The smallest absolute Gasteiger partial charge is 0.165 e. The van der Waals surface area contributed by atoms with Crippen LogP contribution in [0.15, 0.2) is 24.4 Å². The van der Waals surface area contributed by atoms with Crippen molar-refractivity contribution < 1.29 is 13.9 Å². The molecule has 2 fully saturated rings. The Labute approximate surface area is 180 Å². The van der Waals surface area contributed by atoms with Gasteiger partial charge in [-0.15, -0.1) is 0 Å². The van der Waals surface area contributed by atoms with Crippen LogP contribution in [-0.2, 0) is 16.0 Å². The van der Waals surface area contributed by atoms with Crippen molar-refractivity contribution >= 4 is 23.2 Å². The zero-order valence-corrected chi connectivity index (χ0v) is 17.6. The zero-order chi connectivity index (χ0) is 20.9. The monoisotopic (exact) mass is 432 g/mol. The van der Waals surface area contributed by atoms with E-state index in [2.05, 4.69) is 20.6 Å². The molecule has 160 valence electrons. The molecule has 2 aromatic rings. The number of nitrogens with one attached hydrogen (secondary N) is 2. The number of rotatable bonds is 7. The number of nitrogens with zero attached hydrogens (tertiary/aromatic N) is 2. The molecule has 0 aromatic carbocycles. The van der Waals surface area contributed by atoms with E-state index in [9.17, 15) is 9.18 Å². The lowest BCUT2D eigenvalue weighted by Crippen LogP contribution is -2.23. The van der Waals surface area contributed by atoms with Gasteiger partial charge in [-0.3, -0.25) is 9.78 Å². The van der Waals surface area contributed by atoms with E-state index in [-0.39, 0.29) is 23.9 Å². The van der Waals surface area contributed by atoms with Gasteiger partial charge in [0, 0.05) is 56.1 Å². The summed E-state index contributed by atoms with van der Waals surface area (Å²) >= 11 is 6.36. The highest BCUT2D eigenvalue weighted by Gasteiger charge is 2.23. The number of pyridine rings is 2. The molecule has 4 heterocycles. The maximum Gasteiger partial charge on any atom is 0.165 e. The molecule has 2 N–H and O–H groups in total. The molecule has 2 aliphatic rings. The number of carbonyl (C=O) groups excluding carboxylic acids is 1. The minimum atomic E-state index is -0.403. The normalized spacial score (nSPS) is 19.7. The van der Waals surface area contributed by atoms with Crippen molar-refractivity contribution in [2.45, 2.75) is 25.7 Å². The third-order valence-corrected chi connectivity index (χ3v) is 6.11. The van der Waals surface area contributed by atoms with E-state index < -0.39 is 5.82 Å². The van der Waals surface area contributed by atoms with Crippen molar-refractivity contribution in [3.63, 3.8) is 0 Å². The first-order valence-corrected chi connectivity index (χ1v) is 10.8. The maximum absolute atomic E-state index is 14.3. The second-order valence-electron chi connectivity index (χ2n) is 7.95. The number of hydrogen-bond donors (Lipinski definition) is 2. The van der Waals surface area contributed by atoms with Gasteiger partial charge in [0.05, 0.1) is 10.7 Å². The van der Waals surface area contributed by atoms with Crippen LogP contribution in [0.4, 0.5) is 10.2 Å². The molecule has 2 saturated heterocycles. The maximum atomic E-state index is 14.3. The molecule has 0 saturated carbocycles. The summed E-state index contributed by atoms with van der Waals surface area (Å²) in [5, 5.41) is 6.77. The lowest BCUT2D eigenvalue weighted by atomic mass is 9.98. The predicted molar refractivity (Wildman–Crippen MR) is 114 cm³/mol. The molecule has 2 aliphatic heterocycles. The molecule has 6 nitrogen and oxygen atoms in total. The quantitative estimate of drug-likeness (QED) is 0.697. The average molecular weight is 433 g/mol. The first-order chi connectivity index (χ1) is 14.6. The Morgan fingerprint density at radius 1 is 1.30 bits per heavy atom. The van der Waals surface area contributed by atoms with Crippen molar-refractivity contribution in [1.82, 2.24) is 15.3 Å². The number of anilines is 1. The summed E-state index contributed by atoms with van der Waals surface area (Å²) in [5.41, 5.74) is 1.84. The van der Waals surface area contributed by atoms with Crippen molar-refractivity contribution in [2.24, 2.45) is 11.8 Å². The Bertz CT molecular complexity index is 899. The summed E-state index contributed by atoms with van der Waals surface area (Å²) in [6.07, 6.45) is 4.57. The van der Waals surface area contributed by atoms with Gasteiger partial charge in [-0.2, -0.15) is 0 Å². The lowest BCUT2D eigenvalue weighted by Gasteiger charge is -2.22. The molecule has 0 radical (unpaired) electrons. The van der Waals surface area contributed by atoms with E-state index in [0.29, 0.717) is 34.4 Å². The van der Waals surface area contributed by atoms with Crippen molar-refractivity contribution in [3.05, 3.63) is 40.9 Å². The van der Waals surface area contributed by atoms with Gasteiger partial charge in [0.1, 0.15) is 5.78 Å². The molecule has 0 unspecified atom stereocenters. The number of aromatic nitrogens is 2. The fourth-order valence-corrected chi connectivity index (χ4v) is 4.14. The summed E-state index contributed by atoms with van der Waals surface area (Å²) in [6.45, 7) is 3.73. The van der Waals surface area contributed by atoms with Crippen molar-refractivity contribution in [1.29, 1.82) is 0 Å². The summed E-state index contributed by atoms with van der Waals surface area (Å²) in [7, 11) is 0. The summed E-state index contributed by atoms with van der Waals surface area (Å²) < 4.78 is 19.7. The fourth-order valence-electron chi connectivity index (χ4n) is 3.93. The standard InChI is InChI=1S/C22H26ClFN4O2/c23-18-13-26-16(10-21(29)15-3-6-25-12-15)9-17(18)20-2-1-19(24)22(28-20)27-11-14-4-7-30-8-5-14/h1-2,9,13-15,25H,3-8,10-12H2,(H,27,28)/t15-/m1/s1. The lowest BCUT2D eigenvalue weighted by molar-refractivity contribution is -0.121. The molecular weight excluding hydrogens is 407 g/mol. The number of halogens is 2. The summed E-state index contributed by atoms with van der Waals surface area (Å²) in [5.74, 6) is 0.458. The Balaban J connectivity index is 1.50. The van der Waals surface area contributed by atoms with E-state index >= 15 is 0 Å². The van der Waals surface area contributed by atoms with Gasteiger partial charge >= 0.3 is 0 Å². The number of hydrogen-bond acceptors (Lipinski definition) is 6. The topological polar surface area (TPSA) is 76.1 Å². The zero-order valence-electron chi connectivity index (χ0n) is 16.8. The van der Waals surface area contributed by atoms with Crippen LogP contribution in [0.25, 0.3) is 11.3 Å². The molecule has 8 heteroatoms. The SMILES string of the molecule is O=C(Cc1cc(-c2ccc(F)c(NCC3CCOCC3)n2)c(Cl)cn1)[C@@H]1CCNC1. The minimum absolute atomic E-state index is 0.0378. The van der Waals surface area contributed by atoms with E-state index in [1.807, 2.05) is 0 Å². The number of ketones is 1. The second-order valence-corrected chi connectivity index (χ2v) is 8.36. The molecular formula is C22H26ClFN4O2. The van der Waals surface area contributed by atoms with Crippen LogP contribution < -0.4 is 10.6 Å². The van der Waals surface area contributed by atoms with Crippen LogP contribution in [0.1, 0.15) is 25.0 Å². The molecule has 0 spiro atoms. The molecule has 30 heavy (non-hydrogen) atoms. The molecule has 0 aliphatic carbocycles. The highest BCUT2D eigenvalue weighted by atomic mass is 35.5. The summed E-state index contributed by atoms with van der Waals surface area (Å²) in [4.78, 5) is 21.3. The van der Waals surface area contributed by atoms with E-state index in [0.717, 1.165) is 45.6 Å². The van der Waals surface area contributed by atoms with Crippen LogP contribution in [0.2, 0.25) is 5.02 Å². The van der Waals surface area contributed by atoms with Gasteiger partial charge in [-0.05, 0) is 49.9 Å². The van der Waals surface area contributed by atoms with Crippen LogP contribution in [0, 0.1) is 17.7 Å². The molecule has 4 rings (SSSR count). The van der Waals surface area contributed by atoms with Crippen molar-refractivity contribution in [2.75, 3.05) is 38.2 Å². The van der Waals surface area contributed by atoms with E-state index in [1.54, 1.807) is 12.1 Å². The predicted octanol–water partition coefficient (Wildman–Crippen LogP) is 3.50. The fraction of sp³-hybridized carbons (Fsp3) is 0.500. The summed E-state index contributed by atoms with van der Waals surface area (Å²) in [6, 6.07) is 4.77. The average Bonchev–Trinajstić information content (AvgIpc) is 3.30. The van der Waals surface area contributed by atoms with Gasteiger partial charge in [0.2, 0.25) is 0 Å². The Morgan fingerprint density at radius 3 is 2.90 bits per heavy atom. The van der Waals surface area contributed by atoms with E-state index in [4.69, 9.17) is 16.3 Å². The van der Waals surface area contributed by atoms with Crippen LogP contribution in [0.3, 0.4) is 0 Å². The Hall–Kier alpha value is -2.09. The minimum Gasteiger partial charge on any atom is -0.381 e. The number of ether oxygens (including phenoxy) is 1. The first-order valence-electron chi connectivity index (χ1n) is 10.5. The molecule has 2 aromatic heterocycles. The van der Waals surface area contributed by atoms with Crippen molar-refractivity contribution in [3.8, 4) is 11.3 Å². The second kappa shape index (κ2) is 9.81. The van der Waals surface area contributed by atoms with E-state index in [1.165, 1.54) is 12.3 Å². The molecule has 0 amide bonds. The van der Waals surface area contributed by atoms with Crippen LogP contribution in [-0.4, -0.2) is 48.6 Å². The van der Waals surface area contributed by atoms with Gasteiger partial charge in [-0.1, -0.05) is 11.6 Å². The largest absolute Gasteiger partial charge is 0.381 e. The first kappa shape index (κ1) is 21.2.